The molecule has 0 aliphatic carbocycles. The fourth-order valence-electron chi connectivity index (χ4n) is 2.06. The Bertz CT molecular complexity index is 978. The number of carbonyl (C=O) groups excluding carboxylic acids is 2. The number of hydrogen-bond acceptors (Lipinski definition) is 10. The van der Waals surface area contributed by atoms with Gasteiger partial charge < -0.3 is 15.6 Å². The Kier molecular flexibility index (Phi) is 8.81. The maximum Gasteiger partial charge on any atom is 1.00 e. The van der Waals surface area contributed by atoms with Crippen LogP contribution in [-0.4, -0.2) is 61.0 Å². The van der Waals surface area contributed by atoms with E-state index in [1.54, 1.807) is 11.6 Å². The van der Waals surface area contributed by atoms with Crippen LogP contribution in [0.1, 0.15) is 18.7 Å². The minimum atomic E-state index is -4.47. The maximum atomic E-state index is 12.6. The van der Waals surface area contributed by atoms with E-state index in [2.05, 4.69) is 20.4 Å². The van der Waals surface area contributed by atoms with Crippen LogP contribution < -0.4 is 49.1 Å². The topological polar surface area (TPSA) is 164 Å². The Morgan fingerprint density at radius 1 is 1.21 bits per heavy atom. The van der Waals surface area contributed by atoms with Crippen molar-refractivity contribution in [2.45, 2.75) is 11.9 Å². The zero-order valence-electron chi connectivity index (χ0n) is 17.4. The number of aromatic nitrogens is 4. The molecule has 0 spiro atoms. The zero-order chi connectivity index (χ0) is 20.9. The fraction of sp³-hybridized carbons (Fsp3) is 0.357. The van der Waals surface area contributed by atoms with Crippen LogP contribution in [0.15, 0.2) is 17.3 Å². The molecule has 29 heavy (non-hydrogen) atoms. The van der Waals surface area contributed by atoms with Crippen molar-refractivity contribution in [3.63, 3.8) is 0 Å². The Hall–Kier alpha value is -2.42. The number of methoxy groups -OCH3 is 2. The molecule has 0 saturated carbocycles. The second-order valence-electron chi connectivity index (χ2n) is 5.04. The normalized spacial score (nSPS) is 10.5. The Balaban J connectivity index is 0.00000420. The summed E-state index contributed by atoms with van der Waals surface area (Å²) in [4.78, 5) is 31.8. The van der Waals surface area contributed by atoms with E-state index in [4.69, 9.17) is 14.2 Å². The average Bonchev–Trinajstić information content (AvgIpc) is 3.03. The van der Waals surface area contributed by atoms with Crippen molar-refractivity contribution in [3.05, 3.63) is 17.8 Å². The summed E-state index contributed by atoms with van der Waals surface area (Å²) >= 11 is 0. The summed E-state index contributed by atoms with van der Waals surface area (Å²) < 4.78 is 42.5. The standard InChI is InChI=1S/C14H18N6O7S.Na.H/c1-5-27-12(21)8-7-15-20(2)11(8)28(23,24)19-14(22)18-13-16-9(25-3)6-10(17-13)26-4;;/h6-7H,5H2,1-4H3,(H2,16,17,18,19,22);;/q;+1;-1. The van der Waals surface area contributed by atoms with Crippen LogP contribution in [0.3, 0.4) is 0 Å². The van der Waals surface area contributed by atoms with Gasteiger partial charge in [0, 0.05) is 7.05 Å². The van der Waals surface area contributed by atoms with Gasteiger partial charge in [0.05, 0.1) is 33.1 Å². The summed E-state index contributed by atoms with van der Waals surface area (Å²) in [5.74, 6) is -0.987. The number of hydrogen-bond donors (Lipinski definition) is 2. The van der Waals surface area contributed by atoms with Gasteiger partial charge in [-0.1, -0.05) is 0 Å². The van der Waals surface area contributed by atoms with E-state index in [9.17, 15) is 18.0 Å². The second-order valence-corrected chi connectivity index (χ2v) is 6.64. The first-order chi connectivity index (χ1) is 13.2. The van der Waals surface area contributed by atoms with Crippen LogP contribution in [0.4, 0.5) is 10.7 Å². The number of sulfonamides is 1. The minimum Gasteiger partial charge on any atom is -1.00 e. The van der Waals surface area contributed by atoms with Crippen LogP contribution >= 0.6 is 0 Å². The van der Waals surface area contributed by atoms with Crippen molar-refractivity contribution in [2.24, 2.45) is 7.05 Å². The van der Waals surface area contributed by atoms with Gasteiger partial charge in [0.15, 0.2) is 5.03 Å². The van der Waals surface area contributed by atoms with Crippen LogP contribution in [0, 0.1) is 0 Å². The van der Waals surface area contributed by atoms with Gasteiger partial charge in [-0.3, -0.25) is 10.00 Å². The van der Waals surface area contributed by atoms with Crippen molar-refractivity contribution in [1.82, 2.24) is 24.5 Å². The van der Waals surface area contributed by atoms with Crippen LogP contribution in [-0.2, 0) is 21.8 Å². The van der Waals surface area contributed by atoms with Gasteiger partial charge >= 0.3 is 41.6 Å². The first-order valence-corrected chi connectivity index (χ1v) is 9.20. The molecule has 0 aliphatic heterocycles. The largest absolute Gasteiger partial charge is 1.00 e. The predicted octanol–water partition coefficient (Wildman–Crippen LogP) is -2.97. The summed E-state index contributed by atoms with van der Waals surface area (Å²) in [6, 6.07) is 0.187. The van der Waals surface area contributed by atoms with Crippen LogP contribution in [0.2, 0.25) is 0 Å². The van der Waals surface area contributed by atoms with Crippen molar-refractivity contribution in [1.29, 1.82) is 0 Å². The third-order valence-electron chi connectivity index (χ3n) is 3.18. The van der Waals surface area contributed by atoms with Gasteiger partial charge in [-0.25, -0.2) is 14.3 Å². The number of anilines is 1. The SMILES string of the molecule is CCOC(=O)c1cnn(C)c1S(=O)(=O)NC(=O)Nc1nc(OC)cc(OC)n1.[H-].[Na+]. The molecule has 0 saturated heterocycles. The monoisotopic (exact) mass is 438 g/mol. The maximum absolute atomic E-state index is 12.6. The van der Waals surface area contributed by atoms with Crippen molar-refractivity contribution in [2.75, 3.05) is 26.1 Å². The number of rotatable bonds is 7. The van der Waals surface area contributed by atoms with E-state index in [0.717, 1.165) is 10.9 Å². The molecule has 2 aromatic heterocycles. The molecule has 2 amide bonds. The number of aryl methyl sites for hydroxylation is 1. The van der Waals surface area contributed by atoms with Crippen molar-refractivity contribution < 1.29 is 63.2 Å². The number of esters is 1. The number of nitrogens with zero attached hydrogens (tertiary/aromatic N) is 4. The summed E-state index contributed by atoms with van der Waals surface area (Å²) in [5, 5.41) is 5.34. The molecule has 0 fully saturated rings. The summed E-state index contributed by atoms with van der Waals surface area (Å²) in [6.45, 7) is 1.60. The van der Waals surface area contributed by atoms with Crippen molar-refractivity contribution in [3.8, 4) is 11.8 Å². The number of carbonyl (C=O) groups is 2. The first-order valence-electron chi connectivity index (χ1n) is 7.71. The minimum absolute atomic E-state index is 0. The Morgan fingerprint density at radius 3 is 2.31 bits per heavy atom. The molecule has 0 unspecified atom stereocenters. The Morgan fingerprint density at radius 2 is 1.79 bits per heavy atom. The molecule has 2 rings (SSSR count). The quantitative estimate of drug-likeness (QED) is 0.337. The van der Waals surface area contributed by atoms with Crippen molar-refractivity contribution >= 4 is 28.0 Å². The van der Waals surface area contributed by atoms with E-state index in [1.165, 1.54) is 27.3 Å². The molecule has 0 aromatic carbocycles. The molecule has 2 heterocycles. The fourth-order valence-corrected chi connectivity index (χ4v) is 3.27. The predicted molar refractivity (Wildman–Crippen MR) is 94.8 cm³/mol. The number of nitrogens with one attached hydrogen (secondary N) is 2. The smallest absolute Gasteiger partial charge is 1.00 e. The third-order valence-corrected chi connectivity index (χ3v) is 4.63. The van der Waals surface area contributed by atoms with E-state index in [1.807, 2.05) is 0 Å². The molecule has 2 N–H and O–H groups in total. The van der Waals surface area contributed by atoms with Gasteiger partial charge in [-0.15, -0.1) is 0 Å². The van der Waals surface area contributed by atoms with Gasteiger partial charge in [0.25, 0.3) is 10.0 Å². The number of urea groups is 1. The van der Waals surface area contributed by atoms with Gasteiger partial charge in [0.2, 0.25) is 17.7 Å². The molecule has 0 atom stereocenters. The van der Waals surface area contributed by atoms with E-state index in [-0.39, 0.29) is 60.9 Å². The number of amides is 2. The molecular weight excluding hydrogens is 419 g/mol. The zero-order valence-corrected chi connectivity index (χ0v) is 19.2. The molecular formula is C14H19N6NaO7S. The molecule has 15 heteroatoms. The van der Waals surface area contributed by atoms with Crippen LogP contribution in [0.5, 0.6) is 11.8 Å². The molecule has 0 aliphatic rings. The van der Waals surface area contributed by atoms with Gasteiger partial charge in [-0.05, 0) is 6.92 Å². The van der Waals surface area contributed by atoms with Gasteiger partial charge in [-0.2, -0.15) is 23.5 Å². The van der Waals surface area contributed by atoms with E-state index >= 15 is 0 Å². The number of ether oxygens (including phenoxy) is 3. The average molecular weight is 438 g/mol. The molecule has 154 valence electrons. The third kappa shape index (κ3) is 6.03. The molecule has 13 nitrogen and oxygen atoms in total. The first kappa shape index (κ1) is 24.6. The van der Waals surface area contributed by atoms with E-state index < -0.39 is 27.0 Å². The van der Waals surface area contributed by atoms with Gasteiger partial charge in [0.1, 0.15) is 5.56 Å². The Labute approximate surface area is 190 Å². The van der Waals surface area contributed by atoms with Crippen LogP contribution in [0.25, 0.3) is 0 Å². The molecule has 0 bridgehead atoms. The summed E-state index contributed by atoms with van der Waals surface area (Å²) in [7, 11) is -0.491. The molecule has 2 aromatic rings. The second kappa shape index (κ2) is 10.4. The summed E-state index contributed by atoms with van der Waals surface area (Å²) in [5.41, 5.74) is -0.316. The molecule has 0 radical (unpaired) electrons. The van der Waals surface area contributed by atoms with E-state index in [0.29, 0.717) is 0 Å². The summed E-state index contributed by atoms with van der Waals surface area (Å²) in [6.07, 6.45) is 1.03.